The van der Waals surface area contributed by atoms with Crippen LogP contribution < -0.4 is 20.1 Å². The molecule has 154 valence electrons. The SMILES string of the molecule is C=C(CCC(=O)NCc1ccc(OC)nc1)NC(=O)COc1ccc(Cl)c(F)c1. The summed E-state index contributed by atoms with van der Waals surface area (Å²) in [6.07, 6.45) is 2.05. The summed E-state index contributed by atoms with van der Waals surface area (Å²) in [6, 6.07) is 7.39. The number of carbonyl (C=O) groups excluding carboxylic acids is 2. The van der Waals surface area contributed by atoms with Crippen LogP contribution in [0.5, 0.6) is 11.6 Å². The van der Waals surface area contributed by atoms with E-state index in [2.05, 4.69) is 22.2 Å². The van der Waals surface area contributed by atoms with Gasteiger partial charge in [-0.15, -0.1) is 0 Å². The second kappa shape index (κ2) is 11.0. The molecule has 1 aromatic carbocycles. The van der Waals surface area contributed by atoms with Crippen LogP contribution in [-0.4, -0.2) is 30.5 Å². The summed E-state index contributed by atoms with van der Waals surface area (Å²) in [5.41, 5.74) is 1.21. The van der Waals surface area contributed by atoms with Crippen LogP contribution >= 0.6 is 11.6 Å². The largest absolute Gasteiger partial charge is 0.484 e. The Balaban J connectivity index is 1.65. The highest BCUT2D eigenvalue weighted by Gasteiger charge is 2.09. The minimum atomic E-state index is -0.634. The summed E-state index contributed by atoms with van der Waals surface area (Å²) in [5.74, 6) is -0.609. The van der Waals surface area contributed by atoms with Crippen molar-refractivity contribution in [1.29, 1.82) is 0 Å². The van der Waals surface area contributed by atoms with Crippen LogP contribution in [0.1, 0.15) is 18.4 Å². The molecule has 0 saturated carbocycles. The molecule has 1 heterocycles. The summed E-state index contributed by atoms with van der Waals surface area (Å²) < 4.78 is 23.5. The predicted molar refractivity (Wildman–Crippen MR) is 106 cm³/mol. The number of methoxy groups -OCH3 is 1. The van der Waals surface area contributed by atoms with Crippen molar-refractivity contribution in [3.63, 3.8) is 0 Å². The molecule has 0 aliphatic heterocycles. The number of halogens is 2. The van der Waals surface area contributed by atoms with Crippen LogP contribution in [0.4, 0.5) is 4.39 Å². The number of rotatable bonds is 10. The number of benzene rings is 1. The Morgan fingerprint density at radius 2 is 2.00 bits per heavy atom. The van der Waals surface area contributed by atoms with Crippen molar-refractivity contribution in [3.05, 3.63) is 65.2 Å². The summed E-state index contributed by atoms with van der Waals surface area (Å²) in [7, 11) is 1.53. The Morgan fingerprint density at radius 3 is 2.66 bits per heavy atom. The summed E-state index contributed by atoms with van der Waals surface area (Å²) >= 11 is 5.58. The third kappa shape index (κ3) is 7.79. The van der Waals surface area contributed by atoms with Crippen molar-refractivity contribution in [2.24, 2.45) is 0 Å². The average Bonchev–Trinajstić information content (AvgIpc) is 2.72. The van der Waals surface area contributed by atoms with Crippen molar-refractivity contribution >= 4 is 23.4 Å². The number of hydrogen-bond acceptors (Lipinski definition) is 5. The molecule has 29 heavy (non-hydrogen) atoms. The number of ether oxygens (including phenoxy) is 2. The third-order valence-electron chi connectivity index (χ3n) is 3.73. The number of nitrogens with zero attached hydrogens (tertiary/aromatic N) is 1. The third-order valence-corrected chi connectivity index (χ3v) is 4.03. The van der Waals surface area contributed by atoms with Crippen LogP contribution in [0.2, 0.25) is 5.02 Å². The number of amides is 2. The van der Waals surface area contributed by atoms with Gasteiger partial charge in [0.15, 0.2) is 6.61 Å². The second-order valence-corrected chi connectivity index (χ2v) is 6.41. The van der Waals surface area contributed by atoms with Crippen molar-refractivity contribution < 1.29 is 23.5 Å². The molecule has 0 bridgehead atoms. The Hall–Kier alpha value is -3.13. The molecule has 0 spiro atoms. The van der Waals surface area contributed by atoms with Gasteiger partial charge in [-0.2, -0.15) is 0 Å². The molecule has 0 fully saturated rings. The normalized spacial score (nSPS) is 10.2. The van der Waals surface area contributed by atoms with E-state index in [0.717, 1.165) is 11.6 Å². The van der Waals surface area contributed by atoms with Gasteiger partial charge in [-0.25, -0.2) is 9.37 Å². The van der Waals surface area contributed by atoms with Gasteiger partial charge in [0.25, 0.3) is 5.91 Å². The maximum Gasteiger partial charge on any atom is 0.262 e. The lowest BCUT2D eigenvalue weighted by molar-refractivity contribution is -0.123. The molecule has 0 radical (unpaired) electrons. The van der Waals surface area contributed by atoms with Crippen LogP contribution in [-0.2, 0) is 16.1 Å². The van der Waals surface area contributed by atoms with Gasteiger partial charge in [-0.05, 0) is 24.1 Å². The number of aromatic nitrogens is 1. The summed E-state index contributed by atoms with van der Waals surface area (Å²) in [4.78, 5) is 27.8. The highest BCUT2D eigenvalue weighted by Crippen LogP contribution is 2.20. The Labute approximate surface area is 172 Å². The van der Waals surface area contributed by atoms with Gasteiger partial charge in [0.05, 0.1) is 12.1 Å². The van der Waals surface area contributed by atoms with E-state index in [-0.39, 0.29) is 36.1 Å². The second-order valence-electron chi connectivity index (χ2n) is 6.00. The van der Waals surface area contributed by atoms with Crippen molar-refractivity contribution in [2.45, 2.75) is 19.4 Å². The first-order valence-corrected chi connectivity index (χ1v) is 9.06. The van der Waals surface area contributed by atoms with E-state index in [1.54, 1.807) is 18.3 Å². The van der Waals surface area contributed by atoms with Gasteiger partial charge in [0.1, 0.15) is 11.6 Å². The van der Waals surface area contributed by atoms with E-state index in [1.807, 2.05) is 0 Å². The minimum Gasteiger partial charge on any atom is -0.484 e. The molecule has 0 aliphatic rings. The van der Waals surface area contributed by atoms with Crippen LogP contribution in [0.3, 0.4) is 0 Å². The van der Waals surface area contributed by atoms with Gasteiger partial charge in [0.2, 0.25) is 11.8 Å². The zero-order valence-corrected chi connectivity index (χ0v) is 16.6. The quantitative estimate of drug-likeness (QED) is 0.615. The molecular formula is C20H21ClFN3O4. The van der Waals surface area contributed by atoms with Gasteiger partial charge in [-0.1, -0.05) is 24.2 Å². The van der Waals surface area contributed by atoms with Gasteiger partial charge >= 0.3 is 0 Å². The lowest BCUT2D eigenvalue weighted by Gasteiger charge is -2.10. The van der Waals surface area contributed by atoms with E-state index in [9.17, 15) is 14.0 Å². The highest BCUT2D eigenvalue weighted by atomic mass is 35.5. The Kier molecular flexibility index (Phi) is 8.42. The van der Waals surface area contributed by atoms with Crippen LogP contribution in [0.15, 0.2) is 48.8 Å². The van der Waals surface area contributed by atoms with Crippen molar-refractivity contribution in [2.75, 3.05) is 13.7 Å². The zero-order chi connectivity index (χ0) is 21.2. The summed E-state index contributed by atoms with van der Waals surface area (Å²) in [6.45, 7) is 3.73. The molecule has 7 nitrogen and oxygen atoms in total. The van der Waals surface area contributed by atoms with E-state index in [1.165, 1.54) is 19.2 Å². The highest BCUT2D eigenvalue weighted by molar-refractivity contribution is 6.30. The molecule has 2 N–H and O–H groups in total. The van der Waals surface area contributed by atoms with E-state index in [4.69, 9.17) is 21.1 Å². The molecule has 0 unspecified atom stereocenters. The summed E-state index contributed by atoms with van der Waals surface area (Å²) in [5, 5.41) is 5.26. The first kappa shape index (κ1) is 22.2. The molecule has 0 saturated heterocycles. The predicted octanol–water partition coefficient (Wildman–Crippen LogP) is 2.99. The van der Waals surface area contributed by atoms with Gasteiger partial charge < -0.3 is 20.1 Å². The molecule has 0 aliphatic carbocycles. The van der Waals surface area contributed by atoms with Gasteiger partial charge in [0, 0.05) is 37.0 Å². The number of hydrogen-bond donors (Lipinski definition) is 2. The van der Waals surface area contributed by atoms with Gasteiger partial charge in [-0.3, -0.25) is 9.59 Å². The fraction of sp³-hybridized carbons (Fsp3) is 0.250. The van der Waals surface area contributed by atoms with E-state index >= 15 is 0 Å². The topological polar surface area (TPSA) is 89.5 Å². The fourth-order valence-corrected chi connectivity index (χ4v) is 2.32. The molecular weight excluding hydrogens is 401 g/mol. The standard InChI is InChI=1S/C20H21ClFN3O4/c1-13(25-19(27)12-29-15-5-6-16(21)17(22)9-15)3-7-18(26)23-10-14-4-8-20(28-2)24-11-14/h4-6,8-9,11H,1,3,7,10,12H2,2H3,(H,23,26)(H,25,27). The van der Waals surface area contributed by atoms with Crippen LogP contribution in [0.25, 0.3) is 0 Å². The first-order chi connectivity index (χ1) is 13.9. The molecule has 2 rings (SSSR count). The maximum atomic E-state index is 13.3. The van der Waals surface area contributed by atoms with Crippen molar-refractivity contribution in [3.8, 4) is 11.6 Å². The molecule has 2 aromatic rings. The number of allylic oxidation sites excluding steroid dienone is 1. The molecule has 1 aromatic heterocycles. The maximum absolute atomic E-state index is 13.3. The number of nitrogens with one attached hydrogen (secondary N) is 2. The Bertz CT molecular complexity index is 875. The average molecular weight is 422 g/mol. The number of carbonyl (C=O) groups is 2. The van der Waals surface area contributed by atoms with E-state index in [0.29, 0.717) is 18.1 Å². The smallest absolute Gasteiger partial charge is 0.262 e. The number of pyridine rings is 1. The molecule has 9 heteroatoms. The van der Waals surface area contributed by atoms with Crippen molar-refractivity contribution in [1.82, 2.24) is 15.6 Å². The zero-order valence-electron chi connectivity index (χ0n) is 15.8. The van der Waals surface area contributed by atoms with Crippen LogP contribution in [0, 0.1) is 5.82 Å². The first-order valence-electron chi connectivity index (χ1n) is 8.68. The Morgan fingerprint density at radius 1 is 1.21 bits per heavy atom. The molecule has 0 atom stereocenters. The lowest BCUT2D eigenvalue weighted by atomic mass is 10.2. The minimum absolute atomic E-state index is 0.0308. The monoisotopic (exact) mass is 421 g/mol. The lowest BCUT2D eigenvalue weighted by Crippen LogP contribution is -2.29. The molecule has 2 amide bonds. The van der Waals surface area contributed by atoms with E-state index < -0.39 is 11.7 Å². The fourth-order valence-electron chi connectivity index (χ4n) is 2.20.